The van der Waals surface area contributed by atoms with Gasteiger partial charge in [-0.25, -0.2) is 0 Å². The third-order valence-corrected chi connectivity index (χ3v) is 0.877. The third kappa shape index (κ3) is 30.4. The first-order valence-electron chi connectivity index (χ1n) is 4.62. The molecule has 4 nitrogen and oxygen atoms in total. The van der Waals surface area contributed by atoms with Gasteiger partial charge in [-0.05, 0) is 27.2 Å². The fourth-order valence-electron chi connectivity index (χ4n) is 0.536. The van der Waals surface area contributed by atoms with Gasteiger partial charge in [-0.1, -0.05) is 6.92 Å². The molecule has 0 aromatic rings. The molecular weight excluding hydrogens is 184 g/mol. The van der Waals surface area contributed by atoms with E-state index < -0.39 is 11.6 Å². The summed E-state index contributed by atoms with van der Waals surface area (Å²) in [6, 6.07) is 0. The average molecular weight is 204 g/mol. The van der Waals surface area contributed by atoms with Crippen molar-refractivity contribution in [3.8, 4) is 0 Å². The monoisotopic (exact) mass is 204 g/mol. The number of hydrogen-bond acceptors (Lipinski definition) is 3. The molecule has 0 saturated carbocycles. The molecule has 0 amide bonds. The van der Waals surface area contributed by atoms with Crippen LogP contribution in [0.3, 0.4) is 0 Å². The highest BCUT2D eigenvalue weighted by Crippen LogP contribution is 1.93. The van der Waals surface area contributed by atoms with Crippen molar-refractivity contribution in [2.24, 2.45) is 0 Å². The second-order valence-electron chi connectivity index (χ2n) is 4.03. The molecule has 0 rings (SSSR count). The predicted molar refractivity (Wildman–Crippen MR) is 54.1 cm³/mol. The smallest absolute Gasteiger partial charge is 0.310 e. The number of aliphatic hydroxyl groups is 1. The van der Waals surface area contributed by atoms with Crippen molar-refractivity contribution in [2.45, 2.75) is 52.6 Å². The fourth-order valence-corrected chi connectivity index (χ4v) is 0.536. The molecule has 0 bridgehead atoms. The molecule has 0 aliphatic heterocycles. The maximum absolute atomic E-state index is 10.5. The zero-order chi connectivity index (χ0) is 11.8. The molecule has 0 radical (unpaired) electrons. The van der Waals surface area contributed by atoms with E-state index in [0.29, 0.717) is 6.42 Å². The van der Waals surface area contributed by atoms with Gasteiger partial charge >= 0.3 is 5.97 Å². The highest BCUT2D eigenvalue weighted by atomic mass is 16.4. The van der Waals surface area contributed by atoms with Gasteiger partial charge in [-0.2, -0.15) is 0 Å². The van der Waals surface area contributed by atoms with Crippen LogP contribution in [0.1, 0.15) is 47.0 Å². The van der Waals surface area contributed by atoms with Gasteiger partial charge in [0.05, 0.1) is 5.60 Å². The summed E-state index contributed by atoms with van der Waals surface area (Å²) < 4.78 is 0. The van der Waals surface area contributed by atoms with E-state index in [9.17, 15) is 9.59 Å². The third-order valence-electron chi connectivity index (χ3n) is 0.877. The number of ketones is 1. The van der Waals surface area contributed by atoms with Crippen LogP contribution in [0.25, 0.3) is 0 Å². The Bertz CT molecular complexity index is 173. The van der Waals surface area contributed by atoms with Crippen molar-refractivity contribution in [3.05, 3.63) is 0 Å². The van der Waals surface area contributed by atoms with Crippen LogP contribution in [-0.4, -0.2) is 27.6 Å². The molecule has 0 aliphatic rings. The van der Waals surface area contributed by atoms with Gasteiger partial charge in [0.25, 0.3) is 0 Å². The normalized spacial score (nSPS) is 10.1. The minimum atomic E-state index is -1.03. The predicted octanol–water partition coefficient (Wildman–Crippen LogP) is 1.61. The van der Waals surface area contributed by atoms with E-state index >= 15 is 0 Å². The van der Waals surface area contributed by atoms with Crippen LogP contribution in [-0.2, 0) is 9.59 Å². The molecule has 0 spiro atoms. The molecule has 0 unspecified atom stereocenters. The Morgan fingerprint density at radius 2 is 1.57 bits per heavy atom. The first-order chi connectivity index (χ1) is 6.16. The highest BCUT2D eigenvalue weighted by Gasteiger charge is 2.04. The van der Waals surface area contributed by atoms with E-state index in [1.165, 1.54) is 0 Å². The second kappa shape index (κ2) is 7.50. The van der Waals surface area contributed by atoms with Crippen molar-refractivity contribution in [1.29, 1.82) is 0 Å². The standard InChI is InChI=1S/C6H10O3.C4H10O/c1-2-3-5(7)4-6(8)9;1-4(2,3)5/h2-4H2,1H3,(H,8,9);5H,1-3H3. The molecule has 14 heavy (non-hydrogen) atoms. The van der Waals surface area contributed by atoms with Crippen LogP contribution in [0.5, 0.6) is 0 Å². The Kier molecular flexibility index (Phi) is 8.34. The Labute approximate surface area is 84.9 Å². The quantitative estimate of drug-likeness (QED) is 0.682. The summed E-state index contributed by atoms with van der Waals surface area (Å²) >= 11 is 0. The second-order valence-corrected chi connectivity index (χ2v) is 4.03. The molecule has 84 valence electrons. The summed E-state index contributed by atoms with van der Waals surface area (Å²) in [6.07, 6.45) is 0.784. The van der Waals surface area contributed by atoms with Crippen LogP contribution >= 0.6 is 0 Å². The van der Waals surface area contributed by atoms with Crippen molar-refractivity contribution in [3.63, 3.8) is 0 Å². The van der Waals surface area contributed by atoms with Crippen LogP contribution < -0.4 is 0 Å². The molecule has 0 aromatic heterocycles. The minimum absolute atomic E-state index is 0.190. The number of rotatable bonds is 4. The lowest BCUT2D eigenvalue weighted by molar-refractivity contribution is -0.140. The fraction of sp³-hybridized carbons (Fsp3) is 0.800. The number of carbonyl (C=O) groups is 2. The maximum atomic E-state index is 10.5. The van der Waals surface area contributed by atoms with Gasteiger partial charge in [-0.15, -0.1) is 0 Å². The van der Waals surface area contributed by atoms with Crippen LogP contribution in [0.2, 0.25) is 0 Å². The highest BCUT2D eigenvalue weighted by molar-refractivity contribution is 5.94. The Balaban J connectivity index is 0. The van der Waals surface area contributed by atoms with E-state index in [1.807, 2.05) is 6.92 Å². The van der Waals surface area contributed by atoms with E-state index in [2.05, 4.69) is 0 Å². The summed E-state index contributed by atoms with van der Waals surface area (Å²) in [5, 5.41) is 16.6. The van der Waals surface area contributed by atoms with Crippen molar-refractivity contribution in [2.75, 3.05) is 0 Å². The maximum Gasteiger partial charge on any atom is 0.310 e. The largest absolute Gasteiger partial charge is 0.481 e. The SMILES string of the molecule is CC(C)(C)O.CCCC(=O)CC(=O)O. The van der Waals surface area contributed by atoms with Crippen molar-refractivity contribution >= 4 is 11.8 Å². The molecular formula is C10H20O4. The molecule has 0 heterocycles. The van der Waals surface area contributed by atoms with E-state index in [4.69, 9.17) is 10.2 Å². The molecule has 4 heteroatoms. The number of carboxylic acid groups (broad SMARTS) is 1. The van der Waals surface area contributed by atoms with Crippen LogP contribution in [0.4, 0.5) is 0 Å². The van der Waals surface area contributed by atoms with Crippen molar-refractivity contribution in [1.82, 2.24) is 0 Å². The Morgan fingerprint density at radius 1 is 1.21 bits per heavy atom. The topological polar surface area (TPSA) is 74.6 Å². The summed E-state index contributed by atoms with van der Waals surface area (Å²) in [6.45, 7) is 7.08. The zero-order valence-electron chi connectivity index (χ0n) is 9.33. The molecule has 2 N–H and O–H groups in total. The number of hydrogen-bond donors (Lipinski definition) is 2. The van der Waals surface area contributed by atoms with Crippen LogP contribution in [0, 0.1) is 0 Å². The minimum Gasteiger partial charge on any atom is -0.481 e. The average Bonchev–Trinajstić information content (AvgIpc) is 1.80. The summed E-state index contributed by atoms with van der Waals surface area (Å²) in [5.41, 5.74) is -0.500. The molecule has 0 aromatic carbocycles. The number of Topliss-reactive ketones (excluding diaryl/α,β-unsaturated/α-hetero) is 1. The number of carboxylic acids is 1. The summed E-state index contributed by atoms with van der Waals surface area (Å²) in [7, 11) is 0. The lowest BCUT2D eigenvalue weighted by Gasteiger charge is -2.04. The number of carbonyl (C=O) groups excluding carboxylic acids is 1. The van der Waals surface area contributed by atoms with Gasteiger partial charge in [0.1, 0.15) is 12.2 Å². The van der Waals surface area contributed by atoms with Gasteiger partial charge in [0.2, 0.25) is 0 Å². The van der Waals surface area contributed by atoms with E-state index in [-0.39, 0.29) is 12.2 Å². The van der Waals surface area contributed by atoms with Gasteiger partial charge in [0.15, 0.2) is 0 Å². The first kappa shape index (κ1) is 15.6. The number of aliphatic carboxylic acids is 1. The molecule has 0 aliphatic carbocycles. The van der Waals surface area contributed by atoms with Gasteiger partial charge in [0, 0.05) is 6.42 Å². The molecule has 0 atom stereocenters. The summed E-state index contributed by atoms with van der Waals surface area (Å²) in [5.74, 6) is -1.22. The lowest BCUT2D eigenvalue weighted by Crippen LogP contribution is -2.10. The molecule has 0 fully saturated rings. The zero-order valence-corrected chi connectivity index (χ0v) is 9.33. The lowest BCUT2D eigenvalue weighted by atomic mass is 10.2. The Morgan fingerprint density at radius 3 is 1.79 bits per heavy atom. The first-order valence-corrected chi connectivity index (χ1v) is 4.62. The van der Waals surface area contributed by atoms with E-state index in [0.717, 1.165) is 6.42 Å². The van der Waals surface area contributed by atoms with Gasteiger partial charge < -0.3 is 10.2 Å². The summed E-state index contributed by atoms with van der Waals surface area (Å²) in [4.78, 5) is 20.3. The Hall–Kier alpha value is -0.900. The van der Waals surface area contributed by atoms with Crippen LogP contribution in [0.15, 0.2) is 0 Å². The van der Waals surface area contributed by atoms with Crippen molar-refractivity contribution < 1.29 is 19.8 Å². The molecule has 0 saturated heterocycles. The van der Waals surface area contributed by atoms with Gasteiger partial charge in [-0.3, -0.25) is 9.59 Å². The van der Waals surface area contributed by atoms with E-state index in [1.54, 1.807) is 20.8 Å².